The first kappa shape index (κ1) is 21.9. The first-order chi connectivity index (χ1) is 11.4. The third kappa shape index (κ3) is 6.56. The summed E-state index contributed by atoms with van der Waals surface area (Å²) in [4.78, 5) is 5.41. The van der Waals surface area contributed by atoms with Gasteiger partial charge >= 0.3 is 0 Å². The van der Waals surface area contributed by atoms with Gasteiger partial charge in [-0.05, 0) is 49.4 Å². The summed E-state index contributed by atoms with van der Waals surface area (Å²) in [5, 5.41) is 18.8. The summed E-state index contributed by atoms with van der Waals surface area (Å²) in [6.45, 7) is 7.01. The van der Waals surface area contributed by atoms with Crippen molar-refractivity contribution >= 4 is 41.3 Å². The summed E-state index contributed by atoms with van der Waals surface area (Å²) in [6, 6.07) is 8.83. The molecule has 0 aliphatic carbocycles. The second-order valence-electron chi connectivity index (χ2n) is 5.88. The van der Waals surface area contributed by atoms with Gasteiger partial charge in [0, 0.05) is 11.4 Å². The Morgan fingerprint density at radius 2 is 2.08 bits per heavy atom. The van der Waals surface area contributed by atoms with E-state index >= 15 is 0 Å². The summed E-state index contributed by atoms with van der Waals surface area (Å²) in [5.41, 5.74) is 0.592. The van der Waals surface area contributed by atoms with Crippen molar-refractivity contribution in [3.8, 4) is 0 Å². The molecule has 1 aromatic heterocycles. The number of halogens is 2. The number of nitrogens with zero attached hydrogens (tertiary/aromatic N) is 1. The summed E-state index contributed by atoms with van der Waals surface area (Å²) in [6.07, 6.45) is 0. The standard InChI is InChI=1S/C18H24FN3OS.HI/c1-4-20-17(21-11-14-7-8-15(19)13(2)10-14)22-12-18(3,23)16-6-5-9-24-16;/h5-10,23H,4,11-12H2,1-3H3,(H2,20,21,22);1H. The van der Waals surface area contributed by atoms with E-state index in [1.807, 2.05) is 24.4 Å². The van der Waals surface area contributed by atoms with E-state index in [4.69, 9.17) is 0 Å². The Morgan fingerprint density at radius 1 is 1.32 bits per heavy atom. The summed E-state index contributed by atoms with van der Waals surface area (Å²) < 4.78 is 13.3. The fraction of sp³-hybridized carbons (Fsp3) is 0.389. The molecule has 0 spiro atoms. The molecular formula is C18H25FIN3OS. The molecule has 2 rings (SSSR count). The van der Waals surface area contributed by atoms with Crippen LogP contribution in [0.4, 0.5) is 4.39 Å². The van der Waals surface area contributed by atoms with Crippen LogP contribution in [0.25, 0.3) is 0 Å². The number of guanidine groups is 1. The van der Waals surface area contributed by atoms with Crippen molar-refractivity contribution in [3.05, 3.63) is 57.5 Å². The van der Waals surface area contributed by atoms with Gasteiger partial charge in [0.1, 0.15) is 11.4 Å². The number of benzene rings is 1. The highest BCUT2D eigenvalue weighted by Crippen LogP contribution is 2.24. The maximum atomic E-state index is 13.3. The van der Waals surface area contributed by atoms with E-state index in [2.05, 4.69) is 15.6 Å². The lowest BCUT2D eigenvalue weighted by Crippen LogP contribution is -2.44. The Morgan fingerprint density at radius 3 is 2.68 bits per heavy atom. The molecule has 2 aromatic rings. The molecule has 3 N–H and O–H groups in total. The lowest BCUT2D eigenvalue weighted by molar-refractivity contribution is 0.0655. The highest BCUT2D eigenvalue weighted by Gasteiger charge is 2.24. The molecule has 0 fully saturated rings. The van der Waals surface area contributed by atoms with Gasteiger partial charge in [0.15, 0.2) is 5.96 Å². The van der Waals surface area contributed by atoms with E-state index in [0.29, 0.717) is 24.6 Å². The van der Waals surface area contributed by atoms with Crippen LogP contribution in [0.5, 0.6) is 0 Å². The third-order valence-electron chi connectivity index (χ3n) is 3.64. The van der Waals surface area contributed by atoms with Crippen LogP contribution >= 0.6 is 35.3 Å². The average molecular weight is 477 g/mol. The molecule has 1 unspecified atom stereocenters. The van der Waals surface area contributed by atoms with Crippen LogP contribution in [-0.4, -0.2) is 24.2 Å². The highest BCUT2D eigenvalue weighted by molar-refractivity contribution is 14.0. The minimum absolute atomic E-state index is 0. The minimum atomic E-state index is -0.961. The minimum Gasteiger partial charge on any atom is -0.383 e. The zero-order chi connectivity index (χ0) is 17.6. The number of hydrogen-bond acceptors (Lipinski definition) is 3. The maximum Gasteiger partial charge on any atom is 0.191 e. The van der Waals surface area contributed by atoms with Crippen LogP contribution in [0.1, 0.15) is 29.9 Å². The van der Waals surface area contributed by atoms with Crippen molar-refractivity contribution in [2.75, 3.05) is 13.1 Å². The quantitative estimate of drug-likeness (QED) is 0.337. The number of hydrogen-bond donors (Lipinski definition) is 3. The number of rotatable bonds is 6. The second kappa shape index (κ2) is 10.1. The molecule has 0 radical (unpaired) electrons. The van der Waals surface area contributed by atoms with Gasteiger partial charge in [-0.25, -0.2) is 9.38 Å². The Hall–Kier alpha value is -1.19. The molecule has 7 heteroatoms. The van der Waals surface area contributed by atoms with E-state index in [0.717, 1.165) is 17.0 Å². The Labute approximate surface area is 169 Å². The SMILES string of the molecule is CCNC(=NCc1ccc(F)c(C)c1)NCC(C)(O)c1cccs1.I. The second-order valence-corrected chi connectivity index (χ2v) is 6.83. The molecule has 0 bridgehead atoms. The first-order valence-electron chi connectivity index (χ1n) is 7.96. The number of aliphatic hydroxyl groups is 1. The fourth-order valence-electron chi connectivity index (χ4n) is 2.25. The Bertz CT molecular complexity index is 690. The Balaban J connectivity index is 0.00000312. The highest BCUT2D eigenvalue weighted by atomic mass is 127. The summed E-state index contributed by atoms with van der Waals surface area (Å²) in [7, 11) is 0. The monoisotopic (exact) mass is 477 g/mol. The zero-order valence-corrected chi connectivity index (χ0v) is 17.8. The van der Waals surface area contributed by atoms with Crippen LogP contribution in [0.2, 0.25) is 0 Å². The van der Waals surface area contributed by atoms with Crippen molar-refractivity contribution in [2.45, 2.75) is 32.9 Å². The topological polar surface area (TPSA) is 56.7 Å². The predicted octanol–water partition coefficient (Wildman–Crippen LogP) is 3.78. The van der Waals surface area contributed by atoms with Gasteiger partial charge < -0.3 is 15.7 Å². The van der Waals surface area contributed by atoms with Gasteiger partial charge in [-0.1, -0.05) is 18.2 Å². The van der Waals surface area contributed by atoms with Crippen molar-refractivity contribution in [3.63, 3.8) is 0 Å². The van der Waals surface area contributed by atoms with E-state index in [1.165, 1.54) is 17.4 Å². The largest absolute Gasteiger partial charge is 0.383 e. The average Bonchev–Trinajstić information content (AvgIpc) is 3.09. The lowest BCUT2D eigenvalue weighted by Gasteiger charge is -2.23. The third-order valence-corrected chi connectivity index (χ3v) is 4.76. The predicted molar refractivity (Wildman–Crippen MR) is 113 cm³/mol. The van der Waals surface area contributed by atoms with Crippen molar-refractivity contribution in [1.29, 1.82) is 0 Å². The van der Waals surface area contributed by atoms with Gasteiger partial charge in [-0.2, -0.15) is 0 Å². The fourth-order valence-corrected chi connectivity index (χ4v) is 3.03. The molecule has 25 heavy (non-hydrogen) atoms. The zero-order valence-electron chi connectivity index (χ0n) is 14.7. The molecule has 0 amide bonds. The number of aliphatic imine (C=N–C) groups is 1. The van der Waals surface area contributed by atoms with Gasteiger partial charge in [-0.3, -0.25) is 0 Å². The molecule has 1 aromatic carbocycles. The van der Waals surface area contributed by atoms with Crippen LogP contribution in [0, 0.1) is 12.7 Å². The van der Waals surface area contributed by atoms with Crippen molar-refractivity contribution in [2.24, 2.45) is 4.99 Å². The summed E-state index contributed by atoms with van der Waals surface area (Å²) >= 11 is 1.52. The smallest absolute Gasteiger partial charge is 0.191 e. The van der Waals surface area contributed by atoms with E-state index in [9.17, 15) is 9.50 Å². The number of nitrogens with one attached hydrogen (secondary N) is 2. The van der Waals surface area contributed by atoms with Gasteiger partial charge in [0.05, 0.1) is 13.1 Å². The molecular weight excluding hydrogens is 452 g/mol. The van der Waals surface area contributed by atoms with Crippen LogP contribution < -0.4 is 10.6 Å². The van der Waals surface area contributed by atoms with E-state index < -0.39 is 5.60 Å². The van der Waals surface area contributed by atoms with Crippen molar-refractivity contribution in [1.82, 2.24) is 10.6 Å². The molecule has 0 aliphatic rings. The van der Waals surface area contributed by atoms with Crippen LogP contribution in [0.15, 0.2) is 40.7 Å². The van der Waals surface area contributed by atoms with E-state index in [-0.39, 0.29) is 29.8 Å². The Kier molecular flexibility index (Phi) is 8.81. The lowest BCUT2D eigenvalue weighted by atomic mass is 10.1. The van der Waals surface area contributed by atoms with Gasteiger partial charge in [0.25, 0.3) is 0 Å². The molecule has 0 saturated carbocycles. The van der Waals surface area contributed by atoms with Crippen LogP contribution in [0.3, 0.4) is 0 Å². The maximum absolute atomic E-state index is 13.3. The molecule has 0 saturated heterocycles. The number of thiophene rings is 1. The van der Waals surface area contributed by atoms with Crippen LogP contribution in [-0.2, 0) is 12.1 Å². The van der Waals surface area contributed by atoms with E-state index in [1.54, 1.807) is 26.0 Å². The number of aryl methyl sites for hydroxylation is 1. The molecule has 4 nitrogen and oxygen atoms in total. The molecule has 1 atom stereocenters. The van der Waals surface area contributed by atoms with Gasteiger partial charge in [-0.15, -0.1) is 35.3 Å². The molecule has 138 valence electrons. The molecule has 1 heterocycles. The van der Waals surface area contributed by atoms with Crippen molar-refractivity contribution < 1.29 is 9.50 Å². The normalized spacial score (nSPS) is 13.7. The molecule has 0 aliphatic heterocycles. The summed E-state index contributed by atoms with van der Waals surface area (Å²) in [5.74, 6) is 0.413. The first-order valence-corrected chi connectivity index (χ1v) is 8.84. The van der Waals surface area contributed by atoms with Gasteiger partial charge in [0.2, 0.25) is 0 Å².